The number of hydrogen-bond acceptors (Lipinski definition) is 3. The Bertz CT molecular complexity index is 291. The third kappa shape index (κ3) is 2.32. The average Bonchev–Trinajstić information content (AvgIpc) is 2.16. The van der Waals surface area contributed by atoms with Crippen molar-refractivity contribution in [3.05, 3.63) is 22.8 Å². The van der Waals surface area contributed by atoms with Gasteiger partial charge in [0.2, 0.25) is 5.88 Å². The Morgan fingerprint density at radius 3 is 2.85 bits per heavy atom. The first-order valence-corrected chi connectivity index (χ1v) is 4.47. The summed E-state index contributed by atoms with van der Waals surface area (Å²) >= 11 is 5.72. The number of aromatic nitrogens is 1. The molecule has 1 aromatic heterocycles. The van der Waals surface area contributed by atoms with E-state index in [9.17, 15) is 0 Å². The number of nitrogens with two attached hydrogens (primary N) is 1. The van der Waals surface area contributed by atoms with Crippen molar-refractivity contribution in [1.82, 2.24) is 4.98 Å². The molecule has 3 nitrogen and oxygen atoms in total. The van der Waals surface area contributed by atoms with E-state index in [0.29, 0.717) is 17.6 Å². The molecule has 0 aromatic carbocycles. The SMILES string of the molecule is COc1nc(Cl)ccc1C(C)CN. The molecule has 4 heteroatoms. The highest BCUT2D eigenvalue weighted by atomic mass is 35.5. The van der Waals surface area contributed by atoms with E-state index in [-0.39, 0.29) is 5.92 Å². The number of halogens is 1. The standard InChI is InChI=1S/C9H13ClN2O/c1-6(5-11)7-3-4-8(10)12-9(7)13-2/h3-4,6H,5,11H2,1-2H3. The molecule has 0 amide bonds. The first-order chi connectivity index (χ1) is 6.19. The van der Waals surface area contributed by atoms with Crippen molar-refractivity contribution in [3.63, 3.8) is 0 Å². The summed E-state index contributed by atoms with van der Waals surface area (Å²) in [5, 5.41) is 0.435. The van der Waals surface area contributed by atoms with Crippen LogP contribution in [-0.4, -0.2) is 18.6 Å². The fourth-order valence-corrected chi connectivity index (χ4v) is 1.23. The van der Waals surface area contributed by atoms with Crippen LogP contribution >= 0.6 is 11.6 Å². The molecule has 2 N–H and O–H groups in total. The molecule has 0 saturated carbocycles. The van der Waals surface area contributed by atoms with Crippen molar-refractivity contribution in [2.45, 2.75) is 12.8 Å². The van der Waals surface area contributed by atoms with E-state index in [4.69, 9.17) is 22.1 Å². The maximum Gasteiger partial charge on any atom is 0.218 e. The van der Waals surface area contributed by atoms with Gasteiger partial charge in [0, 0.05) is 5.56 Å². The second-order valence-corrected chi connectivity index (χ2v) is 3.26. The number of methoxy groups -OCH3 is 1. The molecular formula is C9H13ClN2O. The van der Waals surface area contributed by atoms with Crippen molar-refractivity contribution < 1.29 is 4.74 Å². The molecule has 0 aliphatic rings. The molecule has 0 radical (unpaired) electrons. The maximum absolute atomic E-state index is 5.72. The topological polar surface area (TPSA) is 48.1 Å². The smallest absolute Gasteiger partial charge is 0.218 e. The second kappa shape index (κ2) is 4.44. The maximum atomic E-state index is 5.72. The van der Waals surface area contributed by atoms with Gasteiger partial charge in [-0.15, -0.1) is 0 Å². The number of hydrogen-bond donors (Lipinski definition) is 1. The van der Waals surface area contributed by atoms with Crippen LogP contribution < -0.4 is 10.5 Å². The Balaban J connectivity index is 3.05. The van der Waals surface area contributed by atoms with Crippen LogP contribution in [0.2, 0.25) is 5.15 Å². The lowest BCUT2D eigenvalue weighted by Crippen LogP contribution is -2.10. The van der Waals surface area contributed by atoms with Crippen molar-refractivity contribution in [3.8, 4) is 5.88 Å². The average molecular weight is 201 g/mol. The molecule has 0 fully saturated rings. The van der Waals surface area contributed by atoms with Gasteiger partial charge < -0.3 is 10.5 Å². The third-order valence-corrected chi connectivity index (χ3v) is 2.14. The molecule has 1 rings (SSSR count). The summed E-state index contributed by atoms with van der Waals surface area (Å²) in [7, 11) is 1.57. The van der Waals surface area contributed by atoms with Gasteiger partial charge in [0.05, 0.1) is 7.11 Å². The van der Waals surface area contributed by atoms with Crippen LogP contribution in [-0.2, 0) is 0 Å². The van der Waals surface area contributed by atoms with E-state index in [1.807, 2.05) is 13.0 Å². The molecule has 0 saturated heterocycles. The van der Waals surface area contributed by atoms with Crippen LogP contribution in [0, 0.1) is 0 Å². The number of pyridine rings is 1. The zero-order valence-corrected chi connectivity index (χ0v) is 8.51. The highest BCUT2D eigenvalue weighted by Gasteiger charge is 2.11. The van der Waals surface area contributed by atoms with Crippen LogP contribution in [0.25, 0.3) is 0 Å². The van der Waals surface area contributed by atoms with Gasteiger partial charge in [0.25, 0.3) is 0 Å². The highest BCUT2D eigenvalue weighted by molar-refractivity contribution is 6.29. The highest BCUT2D eigenvalue weighted by Crippen LogP contribution is 2.25. The summed E-state index contributed by atoms with van der Waals surface area (Å²) < 4.78 is 5.10. The van der Waals surface area contributed by atoms with Crippen LogP contribution in [0.5, 0.6) is 5.88 Å². The molecule has 0 bridgehead atoms. The normalized spacial score (nSPS) is 12.6. The number of nitrogens with zero attached hydrogens (tertiary/aromatic N) is 1. The lowest BCUT2D eigenvalue weighted by atomic mass is 10.0. The quantitative estimate of drug-likeness (QED) is 0.758. The van der Waals surface area contributed by atoms with Crippen LogP contribution in [0.15, 0.2) is 12.1 Å². The minimum absolute atomic E-state index is 0.236. The predicted octanol–water partition coefficient (Wildman–Crippen LogP) is 1.81. The van der Waals surface area contributed by atoms with Gasteiger partial charge in [-0.1, -0.05) is 24.6 Å². The summed E-state index contributed by atoms with van der Waals surface area (Å²) in [5.74, 6) is 0.796. The number of rotatable bonds is 3. The van der Waals surface area contributed by atoms with E-state index < -0.39 is 0 Å². The molecule has 13 heavy (non-hydrogen) atoms. The van der Waals surface area contributed by atoms with Gasteiger partial charge in [0.15, 0.2) is 0 Å². The minimum atomic E-state index is 0.236. The Morgan fingerprint density at radius 1 is 1.62 bits per heavy atom. The van der Waals surface area contributed by atoms with Crippen LogP contribution in [0.4, 0.5) is 0 Å². The molecule has 72 valence electrons. The molecule has 1 unspecified atom stereocenters. The van der Waals surface area contributed by atoms with Crippen LogP contribution in [0.1, 0.15) is 18.4 Å². The van der Waals surface area contributed by atoms with Gasteiger partial charge in [-0.25, -0.2) is 4.98 Å². The zero-order valence-electron chi connectivity index (χ0n) is 7.75. The van der Waals surface area contributed by atoms with E-state index in [1.54, 1.807) is 13.2 Å². The second-order valence-electron chi connectivity index (χ2n) is 2.87. The van der Waals surface area contributed by atoms with Gasteiger partial charge in [-0.05, 0) is 18.5 Å². The van der Waals surface area contributed by atoms with Crippen molar-refractivity contribution >= 4 is 11.6 Å². The molecule has 0 aliphatic carbocycles. The van der Waals surface area contributed by atoms with E-state index in [0.717, 1.165) is 5.56 Å². The predicted molar refractivity (Wildman–Crippen MR) is 53.3 cm³/mol. The third-order valence-electron chi connectivity index (χ3n) is 1.93. The van der Waals surface area contributed by atoms with Gasteiger partial charge >= 0.3 is 0 Å². The molecule has 1 aromatic rings. The van der Waals surface area contributed by atoms with Crippen molar-refractivity contribution in [2.75, 3.05) is 13.7 Å². The Kier molecular flexibility index (Phi) is 3.51. The molecule has 0 spiro atoms. The molecule has 1 heterocycles. The summed E-state index contributed by atoms with van der Waals surface area (Å²) in [4.78, 5) is 4.05. The minimum Gasteiger partial charge on any atom is -0.481 e. The fourth-order valence-electron chi connectivity index (χ4n) is 1.09. The fraction of sp³-hybridized carbons (Fsp3) is 0.444. The van der Waals surface area contributed by atoms with Crippen LogP contribution in [0.3, 0.4) is 0 Å². The molecule has 0 aliphatic heterocycles. The summed E-state index contributed by atoms with van der Waals surface area (Å²) in [6.45, 7) is 2.59. The Hall–Kier alpha value is -0.800. The summed E-state index contributed by atoms with van der Waals surface area (Å²) in [6.07, 6.45) is 0. The number of ether oxygens (including phenoxy) is 1. The van der Waals surface area contributed by atoms with Crippen molar-refractivity contribution in [1.29, 1.82) is 0 Å². The van der Waals surface area contributed by atoms with Gasteiger partial charge in [0.1, 0.15) is 5.15 Å². The zero-order chi connectivity index (χ0) is 9.84. The molecular weight excluding hydrogens is 188 g/mol. The van der Waals surface area contributed by atoms with E-state index in [2.05, 4.69) is 4.98 Å². The monoisotopic (exact) mass is 200 g/mol. The van der Waals surface area contributed by atoms with E-state index in [1.165, 1.54) is 0 Å². The van der Waals surface area contributed by atoms with Gasteiger partial charge in [-0.2, -0.15) is 0 Å². The molecule has 1 atom stereocenters. The van der Waals surface area contributed by atoms with E-state index >= 15 is 0 Å². The van der Waals surface area contributed by atoms with Gasteiger partial charge in [-0.3, -0.25) is 0 Å². The first-order valence-electron chi connectivity index (χ1n) is 4.09. The Morgan fingerprint density at radius 2 is 2.31 bits per heavy atom. The first kappa shape index (κ1) is 10.3. The summed E-state index contributed by atoms with van der Waals surface area (Å²) in [6, 6.07) is 3.64. The Labute approximate surface area is 82.9 Å². The summed E-state index contributed by atoms with van der Waals surface area (Å²) in [5.41, 5.74) is 6.54. The lowest BCUT2D eigenvalue weighted by molar-refractivity contribution is 0.389. The lowest BCUT2D eigenvalue weighted by Gasteiger charge is -2.12. The van der Waals surface area contributed by atoms with Crippen molar-refractivity contribution in [2.24, 2.45) is 5.73 Å². The largest absolute Gasteiger partial charge is 0.481 e.